The van der Waals surface area contributed by atoms with E-state index in [4.69, 9.17) is 9.84 Å². The first-order valence-corrected chi connectivity index (χ1v) is 6.77. The Hall–Kier alpha value is -1.79. The van der Waals surface area contributed by atoms with Crippen LogP contribution in [0.2, 0.25) is 0 Å². The van der Waals surface area contributed by atoms with E-state index in [0.717, 1.165) is 6.92 Å². The third-order valence-electron chi connectivity index (χ3n) is 3.84. The third kappa shape index (κ3) is 2.56. The van der Waals surface area contributed by atoms with Crippen molar-refractivity contribution < 1.29 is 39.6 Å². The standard InChI is InChI=1S/C12H19N3O8/c1-10(20,5-16)7(17)12-9(19)13-11(21,8(18)14-12)6(15-22-2)3-4-23-12/h7,16-17,20-21H,3-5H2,1-2H3,(H,13,19)(H,14,18)/b15-6-/t7-,10-,11+,12-/m0/s1. The van der Waals surface area contributed by atoms with E-state index >= 15 is 0 Å². The number of carbonyl (C=O) groups excluding carboxylic acids is 2. The number of aliphatic hydroxyl groups excluding tert-OH is 2. The molecule has 0 unspecified atom stereocenters. The van der Waals surface area contributed by atoms with Crippen molar-refractivity contribution in [2.45, 2.75) is 36.5 Å². The Labute approximate surface area is 130 Å². The lowest BCUT2D eigenvalue weighted by molar-refractivity contribution is -0.227. The Bertz CT molecular complexity index is 550. The summed E-state index contributed by atoms with van der Waals surface area (Å²) in [7, 11) is 1.20. The summed E-state index contributed by atoms with van der Waals surface area (Å²) in [5, 5.41) is 47.5. The molecule has 0 spiro atoms. The summed E-state index contributed by atoms with van der Waals surface area (Å²) in [5.41, 5.74) is -7.18. The van der Waals surface area contributed by atoms with Gasteiger partial charge in [-0.2, -0.15) is 0 Å². The molecular formula is C12H19N3O8. The molecule has 23 heavy (non-hydrogen) atoms. The Morgan fingerprint density at radius 3 is 2.65 bits per heavy atom. The predicted octanol–water partition coefficient (Wildman–Crippen LogP) is -3.86. The van der Waals surface area contributed by atoms with Crippen LogP contribution in [0.5, 0.6) is 0 Å². The molecule has 11 nitrogen and oxygen atoms in total. The predicted molar refractivity (Wildman–Crippen MR) is 72.7 cm³/mol. The number of piperazine rings is 1. The first-order chi connectivity index (χ1) is 10.6. The number of aliphatic hydroxyl groups is 4. The van der Waals surface area contributed by atoms with Crippen LogP contribution >= 0.6 is 0 Å². The molecule has 0 aromatic carbocycles. The summed E-state index contributed by atoms with van der Waals surface area (Å²) in [5.74, 6) is -2.23. The van der Waals surface area contributed by atoms with Gasteiger partial charge in [0, 0.05) is 6.42 Å². The Balaban J connectivity index is 2.47. The molecule has 6 N–H and O–H groups in total. The smallest absolute Gasteiger partial charge is 0.282 e. The zero-order valence-electron chi connectivity index (χ0n) is 12.6. The summed E-state index contributed by atoms with van der Waals surface area (Å²) in [6.07, 6.45) is -2.09. The average molecular weight is 333 g/mol. The normalized spacial score (nSPS) is 36.5. The fourth-order valence-corrected chi connectivity index (χ4v) is 2.44. The van der Waals surface area contributed by atoms with Gasteiger partial charge in [0.1, 0.15) is 24.5 Å². The number of hydrogen-bond donors (Lipinski definition) is 6. The van der Waals surface area contributed by atoms with Crippen LogP contribution in [-0.2, 0) is 19.2 Å². The molecule has 2 bridgehead atoms. The lowest BCUT2D eigenvalue weighted by atomic mass is 9.85. The molecule has 0 aromatic heterocycles. The molecule has 0 saturated carbocycles. The zero-order valence-corrected chi connectivity index (χ0v) is 12.6. The van der Waals surface area contributed by atoms with Crippen molar-refractivity contribution in [3.05, 3.63) is 0 Å². The van der Waals surface area contributed by atoms with E-state index < -0.39 is 41.6 Å². The quantitative estimate of drug-likeness (QED) is 0.284. The molecule has 2 amide bonds. The van der Waals surface area contributed by atoms with Crippen molar-refractivity contribution in [2.24, 2.45) is 5.16 Å². The van der Waals surface area contributed by atoms with E-state index in [1.807, 2.05) is 5.32 Å². The van der Waals surface area contributed by atoms with Crippen LogP contribution in [-0.4, -0.2) is 81.4 Å². The largest absolute Gasteiger partial charge is 0.399 e. The summed E-state index contributed by atoms with van der Waals surface area (Å²) in [6.45, 7) is -0.0631. The first-order valence-electron chi connectivity index (χ1n) is 6.77. The molecule has 3 rings (SSSR count). The van der Waals surface area contributed by atoms with Gasteiger partial charge in [0.15, 0.2) is 0 Å². The van der Waals surface area contributed by atoms with Crippen LogP contribution in [0.3, 0.4) is 0 Å². The summed E-state index contributed by atoms with van der Waals surface area (Å²) >= 11 is 0. The number of oxime groups is 1. The SMILES string of the molecule is CO/N=C1/CCO[C@]2([C@@H](O)[C@@](C)(O)CO)NC(=O)[C@@]1(O)NC2=O. The van der Waals surface area contributed by atoms with Crippen LogP contribution in [0.25, 0.3) is 0 Å². The molecule has 0 aliphatic carbocycles. The van der Waals surface area contributed by atoms with E-state index in [9.17, 15) is 24.9 Å². The maximum Gasteiger partial charge on any atom is 0.282 e. The van der Waals surface area contributed by atoms with Crippen LogP contribution in [0.15, 0.2) is 5.16 Å². The number of fused-ring (bicyclic) bond motifs is 5. The van der Waals surface area contributed by atoms with Gasteiger partial charge >= 0.3 is 0 Å². The second-order valence-corrected chi connectivity index (χ2v) is 5.59. The molecule has 3 aliphatic rings. The lowest BCUT2D eigenvalue weighted by Gasteiger charge is -2.49. The number of nitrogens with zero attached hydrogens (tertiary/aromatic N) is 1. The highest BCUT2D eigenvalue weighted by atomic mass is 16.6. The molecular weight excluding hydrogens is 314 g/mol. The maximum atomic E-state index is 12.4. The first kappa shape index (κ1) is 17.6. The van der Waals surface area contributed by atoms with Gasteiger partial charge < -0.3 is 40.6 Å². The molecule has 3 aliphatic heterocycles. The van der Waals surface area contributed by atoms with E-state index in [0.29, 0.717) is 0 Å². The molecule has 130 valence electrons. The summed E-state index contributed by atoms with van der Waals surface area (Å²) in [6, 6.07) is 0. The van der Waals surface area contributed by atoms with Crippen molar-refractivity contribution in [2.75, 3.05) is 20.3 Å². The van der Waals surface area contributed by atoms with E-state index in [1.54, 1.807) is 0 Å². The highest BCUT2D eigenvalue weighted by molar-refractivity contribution is 6.17. The van der Waals surface area contributed by atoms with Crippen LogP contribution in [0, 0.1) is 0 Å². The van der Waals surface area contributed by atoms with Crippen molar-refractivity contribution >= 4 is 17.5 Å². The van der Waals surface area contributed by atoms with E-state index in [1.165, 1.54) is 7.11 Å². The van der Waals surface area contributed by atoms with Gasteiger partial charge in [-0.05, 0) is 6.92 Å². The van der Waals surface area contributed by atoms with Gasteiger partial charge in [-0.15, -0.1) is 0 Å². The molecule has 11 heteroatoms. The third-order valence-corrected chi connectivity index (χ3v) is 3.84. The summed E-state index contributed by atoms with van der Waals surface area (Å²) in [4.78, 5) is 29.2. The minimum atomic E-state index is -2.47. The van der Waals surface area contributed by atoms with E-state index in [2.05, 4.69) is 15.3 Å². The topological polar surface area (TPSA) is 170 Å². The minimum absolute atomic E-state index is 0.0895. The second kappa shape index (κ2) is 5.69. The molecule has 4 atom stereocenters. The van der Waals surface area contributed by atoms with Gasteiger partial charge in [0.05, 0.1) is 13.2 Å². The van der Waals surface area contributed by atoms with Crippen LogP contribution < -0.4 is 10.6 Å². The van der Waals surface area contributed by atoms with Crippen molar-refractivity contribution in [1.82, 2.24) is 10.6 Å². The average Bonchev–Trinajstić information content (AvgIpc) is 2.49. The highest BCUT2D eigenvalue weighted by Crippen LogP contribution is 2.30. The highest BCUT2D eigenvalue weighted by Gasteiger charge is 2.64. The van der Waals surface area contributed by atoms with Crippen LogP contribution in [0.1, 0.15) is 13.3 Å². The second-order valence-electron chi connectivity index (χ2n) is 5.59. The van der Waals surface area contributed by atoms with Gasteiger partial charge in [0.2, 0.25) is 0 Å². The van der Waals surface area contributed by atoms with Gasteiger partial charge in [-0.1, -0.05) is 5.16 Å². The fourth-order valence-electron chi connectivity index (χ4n) is 2.44. The molecule has 3 heterocycles. The van der Waals surface area contributed by atoms with E-state index in [-0.39, 0.29) is 18.7 Å². The minimum Gasteiger partial charge on any atom is -0.399 e. The number of amides is 2. The van der Waals surface area contributed by atoms with Gasteiger partial charge in [-0.25, -0.2) is 0 Å². The maximum absolute atomic E-state index is 12.4. The number of carbonyl (C=O) groups is 2. The number of rotatable bonds is 4. The number of ether oxygens (including phenoxy) is 1. The number of hydrogen-bond acceptors (Lipinski definition) is 9. The molecule has 0 aromatic rings. The Morgan fingerprint density at radius 1 is 1.43 bits per heavy atom. The monoisotopic (exact) mass is 333 g/mol. The summed E-state index contributed by atoms with van der Waals surface area (Å²) < 4.78 is 5.30. The fraction of sp³-hybridized carbons (Fsp3) is 0.750. The zero-order chi connectivity index (χ0) is 17.5. The van der Waals surface area contributed by atoms with Gasteiger partial charge in [-0.3, -0.25) is 9.59 Å². The Kier molecular flexibility index (Phi) is 4.34. The lowest BCUT2D eigenvalue weighted by Crippen LogP contribution is -2.84. The Morgan fingerprint density at radius 2 is 2.09 bits per heavy atom. The van der Waals surface area contributed by atoms with Crippen molar-refractivity contribution in [3.8, 4) is 0 Å². The van der Waals surface area contributed by atoms with Crippen molar-refractivity contribution in [3.63, 3.8) is 0 Å². The van der Waals surface area contributed by atoms with Crippen molar-refractivity contribution in [1.29, 1.82) is 0 Å². The van der Waals surface area contributed by atoms with Gasteiger partial charge in [0.25, 0.3) is 23.3 Å². The number of nitrogens with one attached hydrogen (secondary N) is 2. The molecule has 3 fully saturated rings. The molecule has 3 saturated heterocycles. The van der Waals surface area contributed by atoms with Crippen LogP contribution in [0.4, 0.5) is 0 Å². The molecule has 0 radical (unpaired) electrons.